The lowest BCUT2D eigenvalue weighted by Gasteiger charge is -2.11. The fourth-order valence-corrected chi connectivity index (χ4v) is 2.77. The Balaban J connectivity index is 1.77. The van der Waals surface area contributed by atoms with E-state index in [0.29, 0.717) is 5.56 Å². The van der Waals surface area contributed by atoms with Crippen LogP contribution in [0.1, 0.15) is 32.6 Å². The first-order chi connectivity index (χ1) is 12.4. The van der Waals surface area contributed by atoms with Crippen LogP contribution in [-0.4, -0.2) is 10.9 Å². The van der Waals surface area contributed by atoms with Gasteiger partial charge in [0.1, 0.15) is 0 Å². The number of carbonyl (C=O) groups excluding carboxylic acids is 1. The first-order valence-corrected chi connectivity index (χ1v) is 8.60. The van der Waals surface area contributed by atoms with Crippen LogP contribution in [-0.2, 0) is 0 Å². The Hall–Kier alpha value is -3.14. The zero-order chi connectivity index (χ0) is 18.7. The molecule has 132 valence electrons. The smallest absolute Gasteiger partial charge is 0.257 e. The molecular formula is C22H23N3O. The highest BCUT2D eigenvalue weighted by Crippen LogP contribution is 2.21. The molecule has 0 saturated heterocycles. The van der Waals surface area contributed by atoms with Crippen molar-refractivity contribution in [2.75, 3.05) is 10.6 Å². The van der Waals surface area contributed by atoms with Crippen molar-refractivity contribution in [1.29, 1.82) is 0 Å². The second kappa shape index (κ2) is 7.40. The Kier molecular flexibility index (Phi) is 5.03. The first-order valence-electron chi connectivity index (χ1n) is 8.60. The monoisotopic (exact) mass is 345 g/mol. The number of pyridine rings is 1. The lowest BCUT2D eigenvalue weighted by molar-refractivity contribution is 0.102. The molecule has 0 aliphatic carbocycles. The SMILES string of the molecule is Cc1ccc(NC(=O)c2cncc(Nc3ccc(C)c(C)c3)c2)c(C)c1. The summed E-state index contributed by atoms with van der Waals surface area (Å²) in [6, 6.07) is 13.9. The predicted octanol–water partition coefficient (Wildman–Crippen LogP) is 5.31. The number of nitrogens with zero attached hydrogens (tertiary/aromatic N) is 1. The largest absolute Gasteiger partial charge is 0.354 e. The Morgan fingerprint density at radius 3 is 2.35 bits per heavy atom. The van der Waals surface area contributed by atoms with Gasteiger partial charge in [-0.15, -0.1) is 0 Å². The van der Waals surface area contributed by atoms with Crippen molar-refractivity contribution in [3.05, 3.63) is 82.7 Å². The van der Waals surface area contributed by atoms with Crippen LogP contribution in [0.2, 0.25) is 0 Å². The molecule has 0 bridgehead atoms. The van der Waals surface area contributed by atoms with Gasteiger partial charge in [-0.3, -0.25) is 9.78 Å². The highest BCUT2D eigenvalue weighted by molar-refractivity contribution is 6.05. The van der Waals surface area contributed by atoms with Crippen molar-refractivity contribution in [1.82, 2.24) is 4.98 Å². The van der Waals surface area contributed by atoms with Crippen LogP contribution in [0.3, 0.4) is 0 Å². The lowest BCUT2D eigenvalue weighted by atomic mass is 10.1. The van der Waals surface area contributed by atoms with Crippen LogP contribution in [0.25, 0.3) is 0 Å². The second-order valence-corrected chi connectivity index (χ2v) is 6.66. The zero-order valence-electron chi connectivity index (χ0n) is 15.6. The minimum atomic E-state index is -0.173. The third-order valence-corrected chi connectivity index (χ3v) is 4.43. The quantitative estimate of drug-likeness (QED) is 0.673. The highest BCUT2D eigenvalue weighted by Gasteiger charge is 2.09. The van der Waals surface area contributed by atoms with Gasteiger partial charge in [0, 0.05) is 17.6 Å². The number of hydrogen-bond donors (Lipinski definition) is 2. The average molecular weight is 345 g/mol. The second-order valence-electron chi connectivity index (χ2n) is 6.66. The molecule has 3 rings (SSSR count). The molecule has 0 radical (unpaired) electrons. The molecule has 0 atom stereocenters. The molecule has 4 heteroatoms. The lowest BCUT2D eigenvalue weighted by Crippen LogP contribution is -2.13. The van der Waals surface area contributed by atoms with Gasteiger partial charge in [-0.25, -0.2) is 0 Å². The third-order valence-electron chi connectivity index (χ3n) is 4.43. The Morgan fingerprint density at radius 2 is 1.62 bits per heavy atom. The number of amides is 1. The van der Waals surface area contributed by atoms with Gasteiger partial charge >= 0.3 is 0 Å². The Morgan fingerprint density at radius 1 is 0.808 bits per heavy atom. The van der Waals surface area contributed by atoms with Gasteiger partial charge in [0.25, 0.3) is 5.91 Å². The summed E-state index contributed by atoms with van der Waals surface area (Å²) in [5.41, 5.74) is 7.75. The molecule has 4 nitrogen and oxygen atoms in total. The number of anilines is 3. The summed E-state index contributed by atoms with van der Waals surface area (Å²) in [5.74, 6) is -0.173. The van der Waals surface area contributed by atoms with Crippen molar-refractivity contribution in [2.45, 2.75) is 27.7 Å². The Labute approximate surface area is 154 Å². The van der Waals surface area contributed by atoms with Crippen molar-refractivity contribution < 1.29 is 4.79 Å². The van der Waals surface area contributed by atoms with Crippen molar-refractivity contribution in [3.63, 3.8) is 0 Å². The van der Waals surface area contributed by atoms with Gasteiger partial charge in [0.15, 0.2) is 0 Å². The van der Waals surface area contributed by atoms with Gasteiger partial charge < -0.3 is 10.6 Å². The summed E-state index contributed by atoms with van der Waals surface area (Å²) >= 11 is 0. The molecule has 1 amide bonds. The van der Waals surface area contributed by atoms with Gasteiger partial charge in [0.05, 0.1) is 17.4 Å². The minimum absolute atomic E-state index is 0.173. The van der Waals surface area contributed by atoms with Crippen LogP contribution in [0, 0.1) is 27.7 Å². The van der Waals surface area contributed by atoms with E-state index < -0.39 is 0 Å². The molecule has 1 heterocycles. The molecule has 26 heavy (non-hydrogen) atoms. The average Bonchev–Trinajstić information content (AvgIpc) is 2.61. The molecular weight excluding hydrogens is 322 g/mol. The van der Waals surface area contributed by atoms with Crippen LogP contribution >= 0.6 is 0 Å². The van der Waals surface area contributed by atoms with E-state index in [-0.39, 0.29) is 5.91 Å². The van der Waals surface area contributed by atoms with Crippen LogP contribution in [0.15, 0.2) is 54.9 Å². The minimum Gasteiger partial charge on any atom is -0.354 e. The van der Waals surface area contributed by atoms with E-state index in [2.05, 4.69) is 41.6 Å². The van der Waals surface area contributed by atoms with Crippen LogP contribution in [0.4, 0.5) is 17.1 Å². The molecule has 3 aromatic rings. The standard InChI is InChI=1S/C22H23N3O/c1-14-5-8-21(17(4)9-14)25-22(26)18-11-20(13-23-12-18)24-19-7-6-15(2)16(3)10-19/h5-13,24H,1-4H3,(H,25,26). The molecule has 0 aliphatic heterocycles. The van der Waals surface area contributed by atoms with E-state index in [1.54, 1.807) is 18.5 Å². The van der Waals surface area contributed by atoms with Crippen molar-refractivity contribution >= 4 is 23.0 Å². The van der Waals surface area contributed by atoms with E-state index in [1.807, 2.05) is 38.1 Å². The van der Waals surface area contributed by atoms with Crippen molar-refractivity contribution in [3.8, 4) is 0 Å². The fourth-order valence-electron chi connectivity index (χ4n) is 2.77. The summed E-state index contributed by atoms with van der Waals surface area (Å²) < 4.78 is 0. The molecule has 1 aromatic heterocycles. The number of hydrogen-bond acceptors (Lipinski definition) is 3. The van der Waals surface area contributed by atoms with E-state index in [9.17, 15) is 4.79 Å². The summed E-state index contributed by atoms with van der Waals surface area (Å²) in [6.07, 6.45) is 3.29. The van der Waals surface area contributed by atoms with E-state index in [0.717, 1.165) is 22.6 Å². The first kappa shape index (κ1) is 17.7. The molecule has 0 fully saturated rings. The number of nitrogens with one attached hydrogen (secondary N) is 2. The van der Waals surface area contributed by atoms with Gasteiger partial charge in [-0.05, 0) is 68.7 Å². The summed E-state index contributed by atoms with van der Waals surface area (Å²) in [6.45, 7) is 8.17. The number of benzene rings is 2. The fraction of sp³-hybridized carbons (Fsp3) is 0.182. The molecule has 0 saturated carbocycles. The molecule has 2 N–H and O–H groups in total. The molecule has 2 aromatic carbocycles. The third kappa shape index (κ3) is 4.09. The van der Waals surface area contributed by atoms with Gasteiger partial charge in [-0.1, -0.05) is 23.8 Å². The van der Waals surface area contributed by atoms with E-state index in [4.69, 9.17) is 0 Å². The van der Waals surface area contributed by atoms with Crippen molar-refractivity contribution in [2.24, 2.45) is 0 Å². The maximum Gasteiger partial charge on any atom is 0.257 e. The maximum absolute atomic E-state index is 12.6. The summed E-state index contributed by atoms with van der Waals surface area (Å²) in [5, 5.41) is 6.26. The van der Waals surface area contributed by atoms with E-state index >= 15 is 0 Å². The summed E-state index contributed by atoms with van der Waals surface area (Å²) in [4.78, 5) is 16.8. The number of aromatic nitrogens is 1. The molecule has 0 aliphatic rings. The highest BCUT2D eigenvalue weighted by atomic mass is 16.1. The van der Waals surface area contributed by atoms with Gasteiger partial charge in [0.2, 0.25) is 0 Å². The van der Waals surface area contributed by atoms with Gasteiger partial charge in [-0.2, -0.15) is 0 Å². The predicted molar refractivity (Wildman–Crippen MR) is 107 cm³/mol. The van der Waals surface area contributed by atoms with E-state index in [1.165, 1.54) is 16.7 Å². The number of carbonyl (C=O) groups is 1. The molecule has 0 unspecified atom stereocenters. The van der Waals surface area contributed by atoms with Crippen LogP contribution in [0.5, 0.6) is 0 Å². The molecule has 0 spiro atoms. The topological polar surface area (TPSA) is 54.0 Å². The maximum atomic E-state index is 12.6. The summed E-state index contributed by atoms with van der Waals surface area (Å²) in [7, 11) is 0. The normalized spacial score (nSPS) is 10.5. The number of aryl methyl sites for hydroxylation is 4. The van der Waals surface area contributed by atoms with Crippen LogP contribution < -0.4 is 10.6 Å². The number of rotatable bonds is 4. The Bertz CT molecular complexity index is 963. The zero-order valence-corrected chi connectivity index (χ0v) is 15.6.